The number of anilines is 1. The summed E-state index contributed by atoms with van der Waals surface area (Å²) in [5.41, 5.74) is 0.259. The van der Waals surface area contributed by atoms with E-state index in [0.29, 0.717) is 11.1 Å². The largest absolute Gasteiger partial charge is 0.459 e. The summed E-state index contributed by atoms with van der Waals surface area (Å²) in [7, 11) is 0. The van der Waals surface area contributed by atoms with Crippen molar-refractivity contribution in [3.8, 4) is 0 Å². The molecule has 2 aromatic rings. The molecular weight excluding hydrogens is 434 g/mol. The molecule has 2 aromatic heterocycles. The zero-order valence-electron chi connectivity index (χ0n) is 18.2. The Balaban J connectivity index is 1.37. The van der Waals surface area contributed by atoms with Crippen molar-refractivity contribution in [3.63, 3.8) is 0 Å². The Bertz CT molecular complexity index is 1050. The molecule has 4 rings (SSSR count). The number of esters is 1. The van der Waals surface area contributed by atoms with Gasteiger partial charge in [0.15, 0.2) is 0 Å². The topological polar surface area (TPSA) is 104 Å². The van der Waals surface area contributed by atoms with Gasteiger partial charge >= 0.3 is 5.97 Å². The van der Waals surface area contributed by atoms with Gasteiger partial charge in [0.05, 0.1) is 17.5 Å². The summed E-state index contributed by atoms with van der Waals surface area (Å²) in [5.74, 6) is -4.67. The smallest absolute Gasteiger partial charge is 0.339 e. The molecule has 1 saturated heterocycles. The molecule has 1 aliphatic carbocycles. The van der Waals surface area contributed by atoms with Crippen molar-refractivity contribution in [1.82, 2.24) is 14.9 Å². The first-order valence-corrected chi connectivity index (χ1v) is 11.0. The van der Waals surface area contributed by atoms with Gasteiger partial charge in [0.2, 0.25) is 11.5 Å². The van der Waals surface area contributed by atoms with Gasteiger partial charge in [0.25, 0.3) is 5.92 Å². The summed E-state index contributed by atoms with van der Waals surface area (Å²) < 4.78 is 34.5. The van der Waals surface area contributed by atoms with Crippen LogP contribution in [0.2, 0.25) is 0 Å². The van der Waals surface area contributed by atoms with Crippen LogP contribution in [0.4, 0.5) is 14.6 Å². The molecule has 2 N–H and O–H groups in total. The maximum Gasteiger partial charge on any atom is 0.339 e. The Hall–Kier alpha value is -3.14. The number of carbonyl (C=O) groups is 2. The fraction of sp³-hybridized carbons (Fsp3) is 0.478. The molecule has 2 atom stereocenters. The summed E-state index contributed by atoms with van der Waals surface area (Å²) in [5, 5.41) is 2.67. The lowest BCUT2D eigenvalue weighted by atomic mass is 9.87. The third kappa shape index (κ3) is 5.27. The number of halogens is 2. The highest BCUT2D eigenvalue weighted by Gasteiger charge is 2.46. The van der Waals surface area contributed by atoms with Crippen LogP contribution in [0.25, 0.3) is 0 Å². The van der Waals surface area contributed by atoms with Gasteiger partial charge in [-0.15, -0.1) is 0 Å². The molecule has 2 aliphatic rings. The number of ether oxygens (including phenoxy) is 1. The van der Waals surface area contributed by atoms with Crippen LogP contribution in [-0.4, -0.2) is 57.9 Å². The Kier molecular flexibility index (Phi) is 6.55. The first-order chi connectivity index (χ1) is 15.7. The SMILES string of the molecule is CC(C(=O)Nc1ccc(C(=O)OC2CCC2)cn1)N1CCC(F)(F)[C@@H](c2ccc(=O)[nH]c2)C1. The number of nitrogens with one attached hydrogen (secondary N) is 2. The van der Waals surface area contributed by atoms with E-state index >= 15 is 0 Å². The highest BCUT2D eigenvalue weighted by atomic mass is 19.3. The normalized spacial score (nSPS) is 21.6. The Morgan fingerprint density at radius 2 is 2.06 bits per heavy atom. The van der Waals surface area contributed by atoms with Crippen LogP contribution in [-0.2, 0) is 9.53 Å². The Morgan fingerprint density at radius 1 is 1.27 bits per heavy atom. The number of alkyl halides is 2. The average Bonchev–Trinajstić information content (AvgIpc) is 2.77. The van der Waals surface area contributed by atoms with Gasteiger partial charge < -0.3 is 15.0 Å². The lowest BCUT2D eigenvalue weighted by molar-refractivity contribution is -0.125. The third-order valence-corrected chi connectivity index (χ3v) is 6.37. The van der Waals surface area contributed by atoms with Crippen LogP contribution >= 0.6 is 0 Å². The molecule has 1 saturated carbocycles. The van der Waals surface area contributed by atoms with Crippen molar-refractivity contribution in [2.45, 2.75) is 56.6 Å². The second-order valence-electron chi connectivity index (χ2n) is 8.60. The van der Waals surface area contributed by atoms with E-state index < -0.39 is 36.2 Å². The summed E-state index contributed by atoms with van der Waals surface area (Å²) in [6.45, 7) is 1.67. The van der Waals surface area contributed by atoms with Crippen LogP contribution in [0.3, 0.4) is 0 Å². The fourth-order valence-corrected chi connectivity index (χ4v) is 3.96. The average molecular weight is 460 g/mol. The van der Waals surface area contributed by atoms with Gasteiger partial charge in [-0.1, -0.05) is 6.07 Å². The molecule has 0 spiro atoms. The van der Waals surface area contributed by atoms with Gasteiger partial charge in [0, 0.05) is 38.0 Å². The van der Waals surface area contributed by atoms with Crippen molar-refractivity contribution in [1.29, 1.82) is 0 Å². The first kappa shape index (κ1) is 23.0. The maximum atomic E-state index is 14.6. The van der Waals surface area contributed by atoms with Crippen LogP contribution in [0, 0.1) is 0 Å². The molecule has 10 heteroatoms. The number of amides is 1. The monoisotopic (exact) mass is 460 g/mol. The predicted octanol–water partition coefficient (Wildman–Crippen LogP) is 2.93. The third-order valence-electron chi connectivity index (χ3n) is 6.37. The van der Waals surface area contributed by atoms with E-state index in [0.717, 1.165) is 19.3 Å². The molecule has 2 fully saturated rings. The zero-order chi connectivity index (χ0) is 23.6. The summed E-state index contributed by atoms with van der Waals surface area (Å²) >= 11 is 0. The van der Waals surface area contributed by atoms with Crippen molar-refractivity contribution in [2.24, 2.45) is 0 Å². The number of rotatable bonds is 6. The van der Waals surface area contributed by atoms with Crippen LogP contribution < -0.4 is 10.9 Å². The summed E-state index contributed by atoms with van der Waals surface area (Å²) in [6.07, 6.45) is 5.01. The number of aromatic amines is 1. The van der Waals surface area contributed by atoms with Crippen LogP contribution in [0.1, 0.15) is 54.4 Å². The number of carbonyl (C=O) groups excluding carboxylic acids is 2. The summed E-state index contributed by atoms with van der Waals surface area (Å²) in [6, 6.07) is 4.97. The molecule has 33 heavy (non-hydrogen) atoms. The predicted molar refractivity (Wildman–Crippen MR) is 116 cm³/mol. The van der Waals surface area contributed by atoms with E-state index in [9.17, 15) is 23.2 Å². The number of hydrogen-bond acceptors (Lipinski definition) is 6. The number of H-pyrrole nitrogens is 1. The van der Waals surface area contributed by atoms with E-state index in [1.807, 2.05) is 0 Å². The van der Waals surface area contributed by atoms with Crippen LogP contribution in [0.5, 0.6) is 0 Å². The minimum Gasteiger partial charge on any atom is -0.459 e. The van der Waals surface area contributed by atoms with E-state index in [1.54, 1.807) is 11.8 Å². The van der Waals surface area contributed by atoms with Crippen molar-refractivity contribution in [3.05, 3.63) is 58.1 Å². The van der Waals surface area contributed by atoms with Gasteiger partial charge in [-0.05, 0) is 43.9 Å². The molecular formula is C23H26F2N4O4. The van der Waals surface area contributed by atoms with E-state index in [2.05, 4.69) is 15.3 Å². The lowest BCUT2D eigenvalue weighted by Crippen LogP contribution is -2.52. The highest BCUT2D eigenvalue weighted by molar-refractivity contribution is 5.94. The van der Waals surface area contributed by atoms with Crippen LogP contribution in [0.15, 0.2) is 41.5 Å². The second kappa shape index (κ2) is 9.38. The Labute approximate surface area is 189 Å². The quantitative estimate of drug-likeness (QED) is 0.643. The van der Waals surface area contributed by atoms with Crippen molar-refractivity contribution in [2.75, 3.05) is 18.4 Å². The molecule has 1 unspecified atom stereocenters. The molecule has 1 amide bonds. The van der Waals surface area contributed by atoms with Crippen molar-refractivity contribution < 1.29 is 23.1 Å². The number of pyridine rings is 2. The van der Waals surface area contributed by atoms with E-state index in [-0.39, 0.29) is 30.6 Å². The number of aromatic nitrogens is 2. The maximum absolute atomic E-state index is 14.6. The fourth-order valence-electron chi connectivity index (χ4n) is 3.96. The molecule has 0 aromatic carbocycles. The van der Waals surface area contributed by atoms with Gasteiger partial charge in [-0.25, -0.2) is 18.6 Å². The van der Waals surface area contributed by atoms with E-state index in [1.165, 1.54) is 36.7 Å². The Morgan fingerprint density at radius 3 is 2.67 bits per heavy atom. The molecule has 8 nitrogen and oxygen atoms in total. The number of nitrogens with zero attached hydrogens (tertiary/aromatic N) is 2. The van der Waals surface area contributed by atoms with Gasteiger partial charge in [-0.3, -0.25) is 14.5 Å². The molecule has 176 valence electrons. The summed E-state index contributed by atoms with van der Waals surface area (Å²) in [4.78, 5) is 44.3. The molecule has 0 radical (unpaired) electrons. The van der Waals surface area contributed by atoms with Crippen molar-refractivity contribution >= 4 is 17.7 Å². The van der Waals surface area contributed by atoms with Gasteiger partial charge in [-0.2, -0.15) is 0 Å². The molecule has 1 aliphatic heterocycles. The van der Waals surface area contributed by atoms with Gasteiger partial charge in [0.1, 0.15) is 11.9 Å². The minimum absolute atomic E-state index is 0.0328. The lowest BCUT2D eigenvalue weighted by Gasteiger charge is -2.40. The second-order valence-corrected chi connectivity index (χ2v) is 8.60. The minimum atomic E-state index is -2.95. The molecule has 3 heterocycles. The number of hydrogen-bond donors (Lipinski definition) is 2. The first-order valence-electron chi connectivity index (χ1n) is 11.0. The number of likely N-dealkylation sites (tertiary alicyclic amines) is 1. The zero-order valence-corrected chi connectivity index (χ0v) is 18.2. The highest BCUT2D eigenvalue weighted by Crippen LogP contribution is 2.40. The standard InChI is InChI=1S/C23H26F2N4O4/c1-14(29-10-9-23(24,25)18(13-29)15-6-8-20(30)27-11-15)21(31)28-19-7-5-16(12-26-19)22(32)33-17-3-2-4-17/h5-8,11-12,14,17-18H,2-4,9-10,13H2,1H3,(H,27,30)(H,26,28,31)/t14?,18-/m1/s1. The molecule has 0 bridgehead atoms. The number of piperidine rings is 1. The van der Waals surface area contributed by atoms with E-state index in [4.69, 9.17) is 4.74 Å².